The summed E-state index contributed by atoms with van der Waals surface area (Å²) in [6.07, 6.45) is 33.1. The Morgan fingerprint density at radius 1 is 0.554 bits per heavy atom. The quantitative estimate of drug-likeness (QED) is 0.0592. The summed E-state index contributed by atoms with van der Waals surface area (Å²) in [5.41, 5.74) is -0.544. The van der Waals surface area contributed by atoms with E-state index in [1.807, 2.05) is 13.8 Å². The number of nitrogens with one attached hydrogen (secondary N) is 2. The zero-order valence-corrected chi connectivity index (χ0v) is 38.2. The summed E-state index contributed by atoms with van der Waals surface area (Å²) in [7, 11) is 1.72. The van der Waals surface area contributed by atoms with Crippen molar-refractivity contribution in [2.24, 2.45) is 0 Å². The first kappa shape index (κ1) is 54.6. The minimum absolute atomic E-state index is 0.112. The molecule has 0 saturated carbocycles. The monoisotopic (exact) mass is 799 g/mol. The van der Waals surface area contributed by atoms with Gasteiger partial charge in [0, 0.05) is 39.8 Å². The second-order valence-electron chi connectivity index (χ2n) is 17.1. The predicted molar refractivity (Wildman–Crippen MR) is 235 cm³/mol. The van der Waals surface area contributed by atoms with Crippen LogP contribution in [0.3, 0.4) is 0 Å². The molecule has 0 aromatic rings. The second-order valence-corrected chi connectivity index (χ2v) is 17.1. The minimum Gasteiger partial charge on any atom is -0.447 e. The molecule has 0 saturated heterocycles. The van der Waals surface area contributed by atoms with Crippen molar-refractivity contribution >= 4 is 12.0 Å². The lowest BCUT2D eigenvalue weighted by Gasteiger charge is -2.31. The first-order valence-electron chi connectivity index (χ1n) is 23.7. The van der Waals surface area contributed by atoms with Crippen LogP contribution in [0.5, 0.6) is 0 Å². The van der Waals surface area contributed by atoms with Gasteiger partial charge in [-0.15, -0.1) is 0 Å². The van der Waals surface area contributed by atoms with Crippen molar-refractivity contribution in [3.8, 4) is 0 Å². The Bertz CT molecular complexity index is 873. The molecule has 0 bridgehead atoms. The molecule has 56 heavy (non-hydrogen) atoms. The number of unbranched alkanes of at least 4 members (excludes halogenated alkanes) is 22. The summed E-state index contributed by atoms with van der Waals surface area (Å²) in [5.74, 6) is -0.112. The first-order chi connectivity index (χ1) is 27.1. The number of alkyl carbamates (subject to hydrolysis) is 1. The van der Waals surface area contributed by atoms with Crippen molar-refractivity contribution in [1.29, 1.82) is 0 Å². The van der Waals surface area contributed by atoms with E-state index in [1.165, 1.54) is 135 Å². The standard InChI is InChI=1S/C47H94N2O7/c1-8-11-13-15-17-19-21-23-25-27-29-31-38-53-41-43(54-39-32-30-28-26-24-22-20-18-16-14-12-9-2)42-55-45(51)49-36-33-44(50)48-37-34-47(6,10-3)56-40-35-46(4,5)52-7/h43H,8-42H2,1-7H3,(H,48,50)(H,49,51)/t43-,47?/m1/s1. The Morgan fingerprint density at radius 3 is 1.52 bits per heavy atom. The van der Waals surface area contributed by atoms with Crippen LogP contribution >= 0.6 is 0 Å². The molecule has 0 aliphatic heterocycles. The zero-order valence-electron chi connectivity index (χ0n) is 38.2. The molecule has 0 aliphatic carbocycles. The highest BCUT2D eigenvalue weighted by Crippen LogP contribution is 2.22. The van der Waals surface area contributed by atoms with Gasteiger partial charge in [-0.05, 0) is 52.9 Å². The third kappa shape index (κ3) is 36.9. The normalized spacial score (nSPS) is 13.4. The first-order valence-corrected chi connectivity index (χ1v) is 23.7. The number of carbonyl (C=O) groups is 2. The Kier molecular flexibility index (Phi) is 38.1. The lowest BCUT2D eigenvalue weighted by molar-refractivity contribution is -0.121. The summed E-state index contributed by atoms with van der Waals surface area (Å²) < 4.78 is 29.3. The third-order valence-corrected chi connectivity index (χ3v) is 11.3. The molecule has 0 aromatic heterocycles. The molecule has 0 fully saturated rings. The van der Waals surface area contributed by atoms with Crippen LogP contribution in [0.25, 0.3) is 0 Å². The van der Waals surface area contributed by atoms with E-state index in [0.717, 1.165) is 32.1 Å². The highest BCUT2D eigenvalue weighted by Gasteiger charge is 2.25. The van der Waals surface area contributed by atoms with Gasteiger partial charge in [0.05, 0.1) is 24.4 Å². The Hall–Kier alpha value is -1.42. The molecule has 0 rings (SSSR count). The maximum absolute atomic E-state index is 12.5. The summed E-state index contributed by atoms with van der Waals surface area (Å²) in [6.45, 7) is 16.0. The molecule has 2 amide bonds. The van der Waals surface area contributed by atoms with Gasteiger partial charge in [0.2, 0.25) is 5.91 Å². The van der Waals surface area contributed by atoms with Crippen LogP contribution in [0.1, 0.15) is 221 Å². The van der Waals surface area contributed by atoms with E-state index in [-0.39, 0.29) is 42.8 Å². The molecule has 9 nitrogen and oxygen atoms in total. The van der Waals surface area contributed by atoms with E-state index in [9.17, 15) is 9.59 Å². The summed E-state index contributed by atoms with van der Waals surface area (Å²) >= 11 is 0. The van der Waals surface area contributed by atoms with Crippen LogP contribution in [-0.4, -0.2) is 82.5 Å². The van der Waals surface area contributed by atoms with E-state index in [0.29, 0.717) is 39.4 Å². The molecule has 9 heteroatoms. The van der Waals surface area contributed by atoms with Crippen LogP contribution in [0, 0.1) is 0 Å². The summed E-state index contributed by atoms with van der Waals surface area (Å²) in [6, 6.07) is 0. The molecular weight excluding hydrogens is 705 g/mol. The van der Waals surface area contributed by atoms with Crippen molar-refractivity contribution < 1.29 is 33.3 Å². The third-order valence-electron chi connectivity index (χ3n) is 11.3. The molecule has 0 aliphatic rings. The average Bonchev–Trinajstić information content (AvgIpc) is 3.18. The summed E-state index contributed by atoms with van der Waals surface area (Å²) in [5, 5.41) is 5.68. The van der Waals surface area contributed by atoms with Crippen molar-refractivity contribution in [2.75, 3.05) is 53.2 Å². The van der Waals surface area contributed by atoms with Gasteiger partial charge in [-0.3, -0.25) is 4.79 Å². The lowest BCUT2D eigenvalue weighted by Crippen LogP contribution is -2.37. The van der Waals surface area contributed by atoms with Crippen LogP contribution < -0.4 is 10.6 Å². The molecule has 0 radical (unpaired) electrons. The Morgan fingerprint density at radius 2 is 1.04 bits per heavy atom. The fourth-order valence-corrected chi connectivity index (χ4v) is 6.65. The summed E-state index contributed by atoms with van der Waals surface area (Å²) in [4.78, 5) is 25.0. The van der Waals surface area contributed by atoms with Gasteiger partial charge in [-0.1, -0.05) is 162 Å². The van der Waals surface area contributed by atoms with Gasteiger partial charge in [-0.2, -0.15) is 0 Å². The van der Waals surface area contributed by atoms with E-state index >= 15 is 0 Å². The Balaban J connectivity index is 4.38. The lowest BCUT2D eigenvalue weighted by atomic mass is 9.98. The fraction of sp³-hybridized carbons (Fsp3) is 0.957. The molecule has 334 valence electrons. The highest BCUT2D eigenvalue weighted by molar-refractivity contribution is 5.76. The molecule has 0 aromatic carbocycles. The van der Waals surface area contributed by atoms with E-state index in [4.69, 9.17) is 23.7 Å². The van der Waals surface area contributed by atoms with Crippen molar-refractivity contribution in [1.82, 2.24) is 10.6 Å². The van der Waals surface area contributed by atoms with Crippen molar-refractivity contribution in [3.05, 3.63) is 0 Å². The maximum Gasteiger partial charge on any atom is 0.407 e. The topological polar surface area (TPSA) is 104 Å². The van der Waals surface area contributed by atoms with Gasteiger partial charge in [0.15, 0.2) is 0 Å². The number of amides is 2. The number of rotatable bonds is 43. The van der Waals surface area contributed by atoms with E-state index < -0.39 is 6.09 Å². The van der Waals surface area contributed by atoms with Crippen molar-refractivity contribution in [2.45, 2.75) is 239 Å². The number of ether oxygens (including phenoxy) is 5. The number of hydrogen-bond donors (Lipinski definition) is 2. The predicted octanol–water partition coefficient (Wildman–Crippen LogP) is 12.4. The molecule has 1 unspecified atom stereocenters. The second kappa shape index (κ2) is 39.1. The number of methoxy groups -OCH3 is 1. The van der Waals surface area contributed by atoms with Gasteiger partial charge in [0.1, 0.15) is 12.7 Å². The van der Waals surface area contributed by atoms with Crippen LogP contribution in [0.4, 0.5) is 4.79 Å². The molecule has 2 atom stereocenters. The van der Waals surface area contributed by atoms with Crippen molar-refractivity contribution in [3.63, 3.8) is 0 Å². The Labute approximate surface area is 347 Å². The largest absolute Gasteiger partial charge is 0.447 e. The average molecular weight is 799 g/mol. The van der Waals surface area contributed by atoms with Crippen LogP contribution in [0.2, 0.25) is 0 Å². The highest BCUT2D eigenvalue weighted by atomic mass is 16.6. The smallest absolute Gasteiger partial charge is 0.407 e. The number of carbonyl (C=O) groups excluding carboxylic acids is 2. The van der Waals surface area contributed by atoms with E-state index in [2.05, 4.69) is 38.3 Å². The fourth-order valence-electron chi connectivity index (χ4n) is 6.65. The van der Waals surface area contributed by atoms with Crippen LogP contribution in [0.15, 0.2) is 0 Å². The van der Waals surface area contributed by atoms with Gasteiger partial charge in [0.25, 0.3) is 0 Å². The van der Waals surface area contributed by atoms with Gasteiger partial charge < -0.3 is 34.3 Å². The number of hydrogen-bond acceptors (Lipinski definition) is 7. The SMILES string of the molecule is CCCCCCCCCCCCCCOC[C@H](COC(=O)NCCC(=O)NCCC(C)(CC)OCCC(C)(C)OC)OCCCCCCCCCCCCCC. The van der Waals surface area contributed by atoms with Gasteiger partial charge >= 0.3 is 6.09 Å². The van der Waals surface area contributed by atoms with E-state index in [1.54, 1.807) is 7.11 Å². The molecule has 0 heterocycles. The van der Waals surface area contributed by atoms with Crippen LogP contribution in [-0.2, 0) is 28.5 Å². The molecule has 2 N–H and O–H groups in total. The maximum atomic E-state index is 12.5. The molecular formula is C47H94N2O7. The van der Waals surface area contributed by atoms with Gasteiger partial charge in [-0.25, -0.2) is 4.79 Å². The molecule has 0 spiro atoms. The zero-order chi connectivity index (χ0) is 41.4. The minimum atomic E-state index is -0.538.